The van der Waals surface area contributed by atoms with Gasteiger partial charge >= 0.3 is 0 Å². The first-order valence-corrected chi connectivity index (χ1v) is 15.9. The van der Waals surface area contributed by atoms with Gasteiger partial charge in [0.1, 0.15) is 11.2 Å². The Bertz CT molecular complexity index is 2170. The minimum Gasteiger partial charge on any atom is -0.456 e. The van der Waals surface area contributed by atoms with Crippen molar-refractivity contribution in [1.82, 2.24) is 0 Å². The van der Waals surface area contributed by atoms with E-state index in [0.717, 1.165) is 11.2 Å². The maximum atomic E-state index is 6.49. The van der Waals surface area contributed by atoms with Gasteiger partial charge in [-0.15, -0.1) is 0 Å². The van der Waals surface area contributed by atoms with Gasteiger partial charge in [-0.25, -0.2) is 0 Å². The van der Waals surface area contributed by atoms with E-state index in [-0.39, 0.29) is 17.7 Å². The number of rotatable bonds is 1. The van der Waals surface area contributed by atoms with Gasteiger partial charge in [0, 0.05) is 33.6 Å². The van der Waals surface area contributed by atoms with E-state index in [9.17, 15) is 0 Å². The van der Waals surface area contributed by atoms with Crippen LogP contribution in [0.25, 0.3) is 21.9 Å². The van der Waals surface area contributed by atoms with E-state index in [1.54, 1.807) is 5.56 Å². The number of aryl methyl sites for hydroxylation is 1. The summed E-state index contributed by atoms with van der Waals surface area (Å²) in [5.74, 6) is 0. The maximum absolute atomic E-state index is 6.49. The number of fused-ring (bicyclic) bond motifs is 11. The zero-order valence-electron chi connectivity index (χ0n) is 24.9. The summed E-state index contributed by atoms with van der Waals surface area (Å²) in [6, 6.07) is 36.1. The topological polar surface area (TPSA) is 19.6 Å². The fourth-order valence-corrected chi connectivity index (χ4v) is 9.56. The molecule has 0 spiro atoms. The standard InChI is InChI=1S/C39H33BN2O/c1-24-22-30-35-31(23-24)42-36-27(38(2)20-9-10-21-39(38,42)3)15-11-16-28(36)40(35)29-18-19-33-34(26-14-7-8-17-32(26)43-33)37(29)41(30)25-12-5-4-6-13-25/h4-8,11-19,22-23H,9-10,20-21H2,1-3H3. The Morgan fingerprint density at radius 1 is 0.721 bits per heavy atom. The monoisotopic (exact) mass is 556 g/mol. The lowest BCUT2D eigenvalue weighted by Gasteiger charge is -2.52. The molecule has 1 aliphatic carbocycles. The van der Waals surface area contributed by atoms with Crippen LogP contribution in [0.4, 0.5) is 28.4 Å². The molecule has 2 unspecified atom stereocenters. The Morgan fingerprint density at radius 2 is 1.49 bits per heavy atom. The second-order valence-corrected chi connectivity index (χ2v) is 13.7. The molecule has 3 aliphatic heterocycles. The van der Waals surface area contributed by atoms with Gasteiger partial charge in [0.2, 0.25) is 0 Å². The molecule has 10 rings (SSSR count). The number of benzene rings is 5. The van der Waals surface area contributed by atoms with E-state index in [1.807, 2.05) is 0 Å². The van der Waals surface area contributed by atoms with Crippen LogP contribution in [-0.4, -0.2) is 12.3 Å². The van der Waals surface area contributed by atoms with Crippen LogP contribution in [0.2, 0.25) is 0 Å². The molecule has 1 aromatic heterocycles. The second-order valence-electron chi connectivity index (χ2n) is 13.7. The van der Waals surface area contributed by atoms with E-state index in [4.69, 9.17) is 4.42 Å². The van der Waals surface area contributed by atoms with E-state index >= 15 is 0 Å². The van der Waals surface area contributed by atoms with Crippen molar-refractivity contribution in [3.05, 3.63) is 108 Å². The van der Waals surface area contributed by atoms with Gasteiger partial charge in [-0.05, 0) is 90.6 Å². The number of hydrogen-bond donors (Lipinski definition) is 0. The Morgan fingerprint density at radius 3 is 2.37 bits per heavy atom. The molecule has 1 saturated carbocycles. The SMILES string of the molecule is Cc1cc2c3c(c1)N1c4c(cccc4C4(C)CCCCC14C)B3c1ccc3oc4ccccc4c3c1N2c1ccccc1. The molecular formula is C39H33BN2O. The van der Waals surface area contributed by atoms with Crippen molar-refractivity contribution in [2.24, 2.45) is 0 Å². The lowest BCUT2D eigenvalue weighted by Crippen LogP contribution is -2.64. The summed E-state index contributed by atoms with van der Waals surface area (Å²) in [5.41, 5.74) is 15.7. The molecule has 0 saturated heterocycles. The third-order valence-electron chi connectivity index (χ3n) is 11.6. The van der Waals surface area contributed by atoms with Gasteiger partial charge in [-0.2, -0.15) is 0 Å². The molecule has 0 radical (unpaired) electrons. The first-order chi connectivity index (χ1) is 21.0. The highest BCUT2D eigenvalue weighted by molar-refractivity contribution is 7.00. The zero-order valence-corrected chi connectivity index (χ0v) is 24.9. The van der Waals surface area contributed by atoms with Gasteiger partial charge < -0.3 is 14.2 Å². The van der Waals surface area contributed by atoms with Crippen molar-refractivity contribution in [2.45, 2.75) is 57.4 Å². The summed E-state index contributed by atoms with van der Waals surface area (Å²) in [6.07, 6.45) is 5.04. The normalized spacial score (nSPS) is 22.9. The van der Waals surface area contributed by atoms with Crippen LogP contribution in [-0.2, 0) is 5.41 Å². The third kappa shape index (κ3) is 2.75. The Balaban J connectivity index is 1.39. The highest BCUT2D eigenvalue weighted by Gasteiger charge is 2.61. The largest absolute Gasteiger partial charge is 0.456 e. The van der Waals surface area contributed by atoms with Crippen LogP contribution in [0.15, 0.2) is 101 Å². The minimum atomic E-state index is 0.0405. The summed E-state index contributed by atoms with van der Waals surface area (Å²) in [4.78, 5) is 5.34. The summed E-state index contributed by atoms with van der Waals surface area (Å²) < 4.78 is 6.49. The second kappa shape index (κ2) is 7.93. The number of furan rings is 1. The summed E-state index contributed by atoms with van der Waals surface area (Å²) in [6.45, 7) is 7.53. The van der Waals surface area contributed by atoms with Crippen LogP contribution in [0.1, 0.15) is 50.7 Å². The zero-order chi connectivity index (χ0) is 28.7. The first-order valence-electron chi connectivity index (χ1n) is 15.9. The predicted molar refractivity (Wildman–Crippen MR) is 181 cm³/mol. The Hall–Kier alpha value is -4.44. The van der Waals surface area contributed by atoms with Crippen molar-refractivity contribution in [1.29, 1.82) is 0 Å². The Kier molecular flexibility index (Phi) is 4.44. The van der Waals surface area contributed by atoms with Crippen molar-refractivity contribution in [2.75, 3.05) is 9.80 Å². The molecule has 2 atom stereocenters. The molecule has 5 aromatic carbocycles. The quantitative estimate of drug-likeness (QED) is 0.190. The molecule has 0 amide bonds. The number of hydrogen-bond acceptors (Lipinski definition) is 3. The maximum Gasteiger partial charge on any atom is 0.252 e. The van der Waals surface area contributed by atoms with Gasteiger partial charge in [-0.3, -0.25) is 0 Å². The number of anilines is 5. The Labute approximate surface area is 252 Å². The number of para-hydroxylation sites is 3. The van der Waals surface area contributed by atoms with E-state index < -0.39 is 0 Å². The fourth-order valence-electron chi connectivity index (χ4n) is 9.56. The third-order valence-corrected chi connectivity index (χ3v) is 11.6. The number of nitrogens with zero attached hydrogens (tertiary/aromatic N) is 2. The molecular weight excluding hydrogens is 523 g/mol. The molecule has 3 nitrogen and oxygen atoms in total. The molecule has 0 bridgehead atoms. The minimum absolute atomic E-state index is 0.0405. The molecule has 4 heteroatoms. The molecule has 4 heterocycles. The lowest BCUT2D eigenvalue weighted by atomic mass is 9.33. The molecule has 0 N–H and O–H groups in total. The fraction of sp³-hybridized carbons (Fsp3) is 0.231. The molecule has 43 heavy (non-hydrogen) atoms. The summed E-state index contributed by atoms with van der Waals surface area (Å²) in [7, 11) is 0. The summed E-state index contributed by atoms with van der Waals surface area (Å²) >= 11 is 0. The molecule has 6 aromatic rings. The van der Waals surface area contributed by atoms with Crippen LogP contribution in [0.5, 0.6) is 0 Å². The average Bonchev–Trinajstić information content (AvgIpc) is 3.50. The highest BCUT2D eigenvalue weighted by Crippen LogP contribution is 2.61. The van der Waals surface area contributed by atoms with Crippen LogP contribution < -0.4 is 26.2 Å². The van der Waals surface area contributed by atoms with Gasteiger partial charge in [0.25, 0.3) is 6.71 Å². The van der Waals surface area contributed by atoms with Crippen LogP contribution in [0, 0.1) is 6.92 Å². The smallest absolute Gasteiger partial charge is 0.252 e. The van der Waals surface area contributed by atoms with Crippen molar-refractivity contribution in [3.63, 3.8) is 0 Å². The van der Waals surface area contributed by atoms with Crippen molar-refractivity contribution < 1.29 is 4.42 Å². The van der Waals surface area contributed by atoms with E-state index in [2.05, 4.69) is 128 Å². The van der Waals surface area contributed by atoms with Crippen LogP contribution in [0.3, 0.4) is 0 Å². The molecule has 1 fully saturated rings. The first kappa shape index (κ1) is 24.1. The predicted octanol–water partition coefficient (Wildman–Crippen LogP) is 8.25. The molecule has 4 aliphatic rings. The van der Waals surface area contributed by atoms with Gasteiger partial charge in [0.05, 0.1) is 16.6 Å². The van der Waals surface area contributed by atoms with E-state index in [1.165, 1.54) is 86.8 Å². The van der Waals surface area contributed by atoms with Crippen LogP contribution >= 0.6 is 0 Å². The van der Waals surface area contributed by atoms with E-state index in [0.29, 0.717) is 0 Å². The van der Waals surface area contributed by atoms with Crippen molar-refractivity contribution >= 4 is 73.5 Å². The van der Waals surface area contributed by atoms with Gasteiger partial charge in [0.15, 0.2) is 0 Å². The molecule has 208 valence electrons. The summed E-state index contributed by atoms with van der Waals surface area (Å²) in [5, 5.41) is 2.38. The average molecular weight is 557 g/mol. The van der Waals surface area contributed by atoms with Gasteiger partial charge in [-0.1, -0.05) is 80.4 Å². The lowest BCUT2D eigenvalue weighted by molar-refractivity contribution is 0.195. The highest BCUT2D eigenvalue weighted by atomic mass is 16.3. The van der Waals surface area contributed by atoms with Crippen molar-refractivity contribution in [3.8, 4) is 0 Å².